The smallest absolute Gasteiger partial charge is 0.264 e. The van der Waals surface area contributed by atoms with Crippen molar-refractivity contribution < 1.29 is 17.9 Å². The Morgan fingerprint density at radius 1 is 0.931 bits per heavy atom. The van der Waals surface area contributed by atoms with Crippen molar-refractivity contribution in [1.82, 2.24) is 0 Å². The molecule has 1 N–H and O–H groups in total. The molecule has 0 bridgehead atoms. The van der Waals surface area contributed by atoms with Gasteiger partial charge in [-0.15, -0.1) is 0 Å². The van der Waals surface area contributed by atoms with E-state index in [1.54, 1.807) is 66.7 Å². The van der Waals surface area contributed by atoms with Gasteiger partial charge in [-0.2, -0.15) is 0 Å². The van der Waals surface area contributed by atoms with Crippen molar-refractivity contribution in [3.63, 3.8) is 0 Å². The minimum atomic E-state index is -3.93. The van der Waals surface area contributed by atoms with Gasteiger partial charge in [0.25, 0.3) is 10.0 Å². The largest absolute Gasteiger partial charge is 0.495 e. The highest BCUT2D eigenvalue weighted by atomic mass is 32.2. The number of carbonyl (C=O) groups is 1. The van der Waals surface area contributed by atoms with Gasteiger partial charge in [-0.1, -0.05) is 48.0 Å². The molecule has 0 aromatic heterocycles. The lowest BCUT2D eigenvalue weighted by Crippen LogP contribution is -2.38. The normalized spacial score (nSPS) is 11.0. The highest BCUT2D eigenvalue weighted by molar-refractivity contribution is 7.92. The molecule has 0 aliphatic heterocycles. The number of amides is 1. The number of nitrogens with one attached hydrogen (secondary N) is 1. The van der Waals surface area contributed by atoms with Crippen LogP contribution in [0.5, 0.6) is 5.75 Å². The molecule has 29 heavy (non-hydrogen) atoms. The minimum absolute atomic E-state index is 0.116. The highest BCUT2D eigenvalue weighted by Crippen LogP contribution is 2.26. The van der Waals surface area contributed by atoms with Crippen LogP contribution in [-0.4, -0.2) is 28.0 Å². The van der Waals surface area contributed by atoms with Crippen LogP contribution in [0.1, 0.15) is 5.56 Å². The van der Waals surface area contributed by atoms with E-state index in [0.717, 1.165) is 9.87 Å². The van der Waals surface area contributed by atoms with Crippen molar-refractivity contribution in [2.24, 2.45) is 0 Å². The van der Waals surface area contributed by atoms with E-state index < -0.39 is 15.9 Å². The Hall–Kier alpha value is -3.32. The molecule has 0 spiro atoms. The van der Waals surface area contributed by atoms with Gasteiger partial charge >= 0.3 is 0 Å². The average Bonchev–Trinajstić information content (AvgIpc) is 2.74. The molecule has 7 heteroatoms. The summed E-state index contributed by atoms with van der Waals surface area (Å²) in [6, 6.07) is 22.0. The van der Waals surface area contributed by atoms with Crippen molar-refractivity contribution in [3.8, 4) is 5.75 Å². The van der Waals surface area contributed by atoms with Crippen LogP contribution in [0.4, 0.5) is 11.4 Å². The van der Waals surface area contributed by atoms with Gasteiger partial charge in [-0.25, -0.2) is 8.42 Å². The Labute approximate surface area is 170 Å². The molecule has 1 amide bonds. The standard InChI is InChI=1S/C22H22N2O4S/c1-17-12-14-18(15-13-17)24(29(26,27)19-8-4-3-5-9-19)16-22(25)23-20-10-6-7-11-21(20)28-2/h3-15H,16H2,1-2H3,(H,23,25). The van der Waals surface area contributed by atoms with Crippen LogP contribution in [0.2, 0.25) is 0 Å². The average molecular weight is 410 g/mol. The lowest BCUT2D eigenvalue weighted by Gasteiger charge is -2.24. The molecule has 0 unspecified atom stereocenters. The van der Waals surface area contributed by atoms with E-state index in [4.69, 9.17) is 4.74 Å². The molecule has 0 heterocycles. The number of benzene rings is 3. The van der Waals surface area contributed by atoms with Gasteiger partial charge in [0.1, 0.15) is 12.3 Å². The zero-order chi connectivity index (χ0) is 20.9. The van der Waals surface area contributed by atoms with Gasteiger partial charge in [0, 0.05) is 0 Å². The first-order valence-electron chi connectivity index (χ1n) is 8.99. The third-order valence-electron chi connectivity index (χ3n) is 4.32. The maximum absolute atomic E-state index is 13.3. The summed E-state index contributed by atoms with van der Waals surface area (Å²) in [5.41, 5.74) is 1.87. The molecular weight excluding hydrogens is 388 g/mol. The number of anilines is 2. The Morgan fingerprint density at radius 2 is 1.55 bits per heavy atom. The van der Waals surface area contributed by atoms with E-state index in [1.807, 2.05) is 6.92 Å². The number of methoxy groups -OCH3 is 1. The maximum Gasteiger partial charge on any atom is 0.264 e. The lowest BCUT2D eigenvalue weighted by molar-refractivity contribution is -0.114. The first-order chi connectivity index (χ1) is 13.9. The topological polar surface area (TPSA) is 75.7 Å². The van der Waals surface area contributed by atoms with Gasteiger partial charge in [-0.3, -0.25) is 9.10 Å². The number of sulfonamides is 1. The molecule has 6 nitrogen and oxygen atoms in total. The molecular formula is C22H22N2O4S. The molecule has 0 fully saturated rings. The summed E-state index contributed by atoms with van der Waals surface area (Å²) < 4.78 is 32.8. The highest BCUT2D eigenvalue weighted by Gasteiger charge is 2.27. The number of nitrogens with zero attached hydrogens (tertiary/aromatic N) is 1. The van der Waals surface area contributed by atoms with E-state index in [9.17, 15) is 13.2 Å². The zero-order valence-corrected chi connectivity index (χ0v) is 17.0. The molecule has 0 aliphatic rings. The molecule has 0 aliphatic carbocycles. The summed E-state index contributed by atoms with van der Waals surface area (Å²) in [5, 5.41) is 2.73. The number of rotatable bonds is 7. The van der Waals surface area contributed by atoms with Crippen LogP contribution in [0, 0.1) is 6.92 Å². The van der Waals surface area contributed by atoms with E-state index in [-0.39, 0.29) is 11.4 Å². The quantitative estimate of drug-likeness (QED) is 0.642. The minimum Gasteiger partial charge on any atom is -0.495 e. The number of para-hydroxylation sites is 2. The van der Waals surface area contributed by atoms with Gasteiger partial charge < -0.3 is 10.1 Å². The molecule has 0 saturated carbocycles. The van der Waals surface area contributed by atoms with Crippen LogP contribution >= 0.6 is 0 Å². The number of ether oxygens (including phenoxy) is 1. The Kier molecular flexibility index (Phi) is 6.19. The maximum atomic E-state index is 13.3. The van der Waals surface area contributed by atoms with Crippen molar-refractivity contribution in [3.05, 3.63) is 84.4 Å². The summed E-state index contributed by atoms with van der Waals surface area (Å²) in [6.07, 6.45) is 0. The zero-order valence-electron chi connectivity index (χ0n) is 16.2. The third-order valence-corrected chi connectivity index (χ3v) is 6.11. The first-order valence-corrected chi connectivity index (χ1v) is 10.4. The Morgan fingerprint density at radius 3 is 2.21 bits per heavy atom. The van der Waals surface area contributed by atoms with E-state index >= 15 is 0 Å². The monoisotopic (exact) mass is 410 g/mol. The number of hydrogen-bond donors (Lipinski definition) is 1. The lowest BCUT2D eigenvalue weighted by atomic mass is 10.2. The van der Waals surface area contributed by atoms with Gasteiger partial charge in [-0.05, 0) is 43.3 Å². The van der Waals surface area contributed by atoms with Crippen molar-refractivity contribution in [2.75, 3.05) is 23.3 Å². The Bertz CT molecular complexity index is 1080. The van der Waals surface area contributed by atoms with Crippen LogP contribution in [0.3, 0.4) is 0 Å². The second-order valence-corrected chi connectivity index (χ2v) is 8.27. The van der Waals surface area contributed by atoms with Crippen LogP contribution in [0.25, 0.3) is 0 Å². The molecule has 0 saturated heterocycles. The molecule has 3 aromatic carbocycles. The third kappa shape index (κ3) is 4.75. The van der Waals surface area contributed by atoms with E-state index in [2.05, 4.69) is 5.32 Å². The van der Waals surface area contributed by atoms with Crippen molar-refractivity contribution >= 4 is 27.3 Å². The molecule has 150 valence electrons. The molecule has 0 radical (unpaired) electrons. The fraction of sp³-hybridized carbons (Fsp3) is 0.136. The molecule has 0 atom stereocenters. The second-order valence-electron chi connectivity index (χ2n) is 6.41. The summed E-state index contributed by atoms with van der Waals surface area (Å²) >= 11 is 0. The van der Waals surface area contributed by atoms with Crippen LogP contribution < -0.4 is 14.4 Å². The fourth-order valence-electron chi connectivity index (χ4n) is 2.81. The number of carbonyl (C=O) groups excluding carboxylic acids is 1. The van der Waals surface area contributed by atoms with Crippen molar-refractivity contribution in [1.29, 1.82) is 0 Å². The van der Waals surface area contributed by atoms with Gasteiger partial charge in [0.2, 0.25) is 5.91 Å². The van der Waals surface area contributed by atoms with Gasteiger partial charge in [0.05, 0.1) is 23.4 Å². The number of aryl methyl sites for hydroxylation is 1. The summed E-state index contributed by atoms with van der Waals surface area (Å²) in [5.74, 6) is 0.0169. The summed E-state index contributed by atoms with van der Waals surface area (Å²) in [6.45, 7) is 1.53. The van der Waals surface area contributed by atoms with E-state index in [1.165, 1.54) is 19.2 Å². The van der Waals surface area contributed by atoms with Crippen LogP contribution in [-0.2, 0) is 14.8 Å². The van der Waals surface area contributed by atoms with Gasteiger partial charge in [0.15, 0.2) is 0 Å². The SMILES string of the molecule is COc1ccccc1NC(=O)CN(c1ccc(C)cc1)S(=O)(=O)c1ccccc1. The summed E-state index contributed by atoms with van der Waals surface area (Å²) in [7, 11) is -2.43. The molecule has 3 rings (SSSR count). The second kappa shape index (κ2) is 8.79. The predicted molar refractivity (Wildman–Crippen MR) is 114 cm³/mol. The predicted octanol–water partition coefficient (Wildman–Crippen LogP) is 3.84. The Balaban J connectivity index is 1.93. The van der Waals surface area contributed by atoms with E-state index in [0.29, 0.717) is 17.1 Å². The van der Waals surface area contributed by atoms with Crippen LogP contribution in [0.15, 0.2) is 83.8 Å². The van der Waals surface area contributed by atoms with Crippen molar-refractivity contribution in [2.45, 2.75) is 11.8 Å². The number of hydrogen-bond acceptors (Lipinski definition) is 4. The summed E-state index contributed by atoms with van der Waals surface area (Å²) in [4.78, 5) is 12.9. The first kappa shape index (κ1) is 20.4. The molecule has 3 aromatic rings. The fourth-order valence-corrected chi connectivity index (χ4v) is 4.26.